The van der Waals surface area contributed by atoms with E-state index in [1.165, 1.54) is 28.1 Å². The predicted molar refractivity (Wildman–Crippen MR) is 143 cm³/mol. The van der Waals surface area contributed by atoms with Crippen molar-refractivity contribution in [2.75, 3.05) is 19.5 Å². The smallest absolute Gasteiger partial charge is 0.295 e. The number of amides is 2. The first-order valence-corrected chi connectivity index (χ1v) is 12.6. The van der Waals surface area contributed by atoms with Crippen molar-refractivity contribution < 1.29 is 9.72 Å². The minimum absolute atomic E-state index is 0.0285. The lowest BCUT2D eigenvalue weighted by atomic mass is 9.80. The van der Waals surface area contributed by atoms with Crippen LogP contribution in [0.4, 0.5) is 10.5 Å². The number of carbonyl (C=O) groups excluding carboxylic acids is 1. The number of hydrogen-bond donors (Lipinski definition) is 1. The summed E-state index contributed by atoms with van der Waals surface area (Å²) in [5.74, 6) is 0. The maximum absolute atomic E-state index is 13.7. The van der Waals surface area contributed by atoms with Crippen LogP contribution in [0.25, 0.3) is 6.08 Å². The number of nitro benzene ring substituents is 1. The van der Waals surface area contributed by atoms with Gasteiger partial charge in [-0.25, -0.2) is 9.79 Å². The number of benzene rings is 3. The van der Waals surface area contributed by atoms with Gasteiger partial charge < -0.3 is 0 Å². The van der Waals surface area contributed by atoms with Crippen molar-refractivity contribution in [1.82, 2.24) is 14.5 Å². The van der Waals surface area contributed by atoms with Crippen molar-refractivity contribution in [1.29, 1.82) is 0 Å². The summed E-state index contributed by atoms with van der Waals surface area (Å²) in [6.07, 6.45) is 1.68. The monoisotopic (exact) mass is 526 g/mol. The van der Waals surface area contributed by atoms with Crippen LogP contribution in [0.3, 0.4) is 0 Å². The molecule has 1 N–H and O–H groups in total. The number of likely N-dealkylation sites (N-methyl/N-ethyl adjacent to an activating group) is 2. The van der Waals surface area contributed by atoms with E-state index < -0.39 is 16.2 Å². The van der Waals surface area contributed by atoms with Crippen LogP contribution in [-0.2, 0) is 11.3 Å². The Morgan fingerprint density at radius 2 is 1.50 bits per heavy atom. The van der Waals surface area contributed by atoms with Gasteiger partial charge in [-0.05, 0) is 23.8 Å². The van der Waals surface area contributed by atoms with Crippen molar-refractivity contribution in [3.05, 3.63) is 131 Å². The fourth-order valence-electron chi connectivity index (χ4n) is 5.36. The molecule has 0 radical (unpaired) electrons. The third-order valence-electron chi connectivity index (χ3n) is 7.17. The van der Waals surface area contributed by atoms with Crippen LogP contribution in [0, 0.1) is 10.1 Å². The molecular formula is C27H22N6O4S. The van der Waals surface area contributed by atoms with Crippen LogP contribution < -0.4 is 20.3 Å². The van der Waals surface area contributed by atoms with Gasteiger partial charge >= 0.3 is 6.03 Å². The highest BCUT2D eigenvalue weighted by Crippen LogP contribution is 2.53. The van der Waals surface area contributed by atoms with Gasteiger partial charge in [-0.3, -0.25) is 30.1 Å². The number of aromatic nitrogens is 1. The zero-order chi connectivity index (χ0) is 26.7. The van der Waals surface area contributed by atoms with Gasteiger partial charge in [-0.2, -0.15) is 4.68 Å². The van der Waals surface area contributed by atoms with Crippen LogP contribution in [0.1, 0.15) is 16.7 Å². The summed E-state index contributed by atoms with van der Waals surface area (Å²) < 4.78 is 1.78. The normalized spacial score (nSPS) is 22.5. The Morgan fingerprint density at radius 1 is 0.895 bits per heavy atom. The molecule has 2 aliphatic rings. The van der Waals surface area contributed by atoms with E-state index in [0.717, 1.165) is 11.1 Å². The maximum atomic E-state index is 13.7. The van der Waals surface area contributed by atoms with E-state index in [0.29, 0.717) is 14.9 Å². The molecule has 0 saturated carbocycles. The molecule has 2 atom stereocenters. The molecule has 3 aromatic carbocycles. The van der Waals surface area contributed by atoms with Crippen molar-refractivity contribution >= 4 is 29.1 Å². The second-order valence-corrected chi connectivity index (χ2v) is 10.1. The standard InChI is InChI=1S/C27H22N6O4S/c1-30-25(35)31(2)27(20-11-7-4-8-12-20)26(30,19-9-5-3-6-10-19)28-24-32(29-27)23(34)22(38-24)17-18-13-15-21(16-14-18)33(36)37/h3-17,29H,1-2H3/b22-17-/t26-,27-/m0/s1. The molecule has 0 spiro atoms. The number of carbonyl (C=O) groups is 1. The molecule has 1 fully saturated rings. The van der Waals surface area contributed by atoms with Crippen LogP contribution in [0.2, 0.25) is 0 Å². The zero-order valence-corrected chi connectivity index (χ0v) is 21.3. The van der Waals surface area contributed by atoms with Crippen molar-refractivity contribution in [3.63, 3.8) is 0 Å². The maximum Gasteiger partial charge on any atom is 0.324 e. The number of nitrogens with one attached hydrogen (secondary N) is 1. The third-order valence-corrected chi connectivity index (χ3v) is 8.14. The molecule has 1 saturated heterocycles. The summed E-state index contributed by atoms with van der Waals surface area (Å²) >= 11 is 1.18. The quantitative estimate of drug-likeness (QED) is 0.324. The van der Waals surface area contributed by atoms with Gasteiger partial charge in [-0.15, -0.1) is 0 Å². The van der Waals surface area contributed by atoms with E-state index in [9.17, 15) is 19.7 Å². The first-order valence-electron chi connectivity index (χ1n) is 11.8. The van der Waals surface area contributed by atoms with Gasteiger partial charge in [0.05, 0.1) is 9.46 Å². The topological polar surface area (TPSA) is 113 Å². The molecule has 0 aliphatic carbocycles. The average Bonchev–Trinajstić information content (AvgIpc) is 3.33. The Kier molecular flexibility index (Phi) is 5.21. The molecule has 0 unspecified atom stereocenters. The van der Waals surface area contributed by atoms with E-state index in [2.05, 4.69) is 5.43 Å². The molecule has 190 valence electrons. The lowest BCUT2D eigenvalue weighted by Crippen LogP contribution is -2.67. The SMILES string of the molecule is CN1C(=O)N(C)[C@]2(c3ccccc3)Nn3c(s/c(=C\c4ccc([N+](=O)[O-])cc4)c3=O)=N[C@@]12c1ccccc1. The van der Waals surface area contributed by atoms with Crippen LogP contribution in [0.5, 0.6) is 0 Å². The van der Waals surface area contributed by atoms with Crippen LogP contribution in [0.15, 0.2) is 94.7 Å². The summed E-state index contributed by atoms with van der Waals surface area (Å²) in [5.41, 5.74) is 2.76. The molecule has 4 aromatic rings. The average molecular weight is 527 g/mol. The summed E-state index contributed by atoms with van der Waals surface area (Å²) in [6.45, 7) is 0. The summed E-state index contributed by atoms with van der Waals surface area (Å²) in [6, 6.07) is 24.8. The fourth-order valence-corrected chi connectivity index (χ4v) is 6.33. The van der Waals surface area contributed by atoms with E-state index in [4.69, 9.17) is 4.99 Å². The Morgan fingerprint density at radius 3 is 2.11 bits per heavy atom. The fraction of sp³-hybridized carbons (Fsp3) is 0.148. The van der Waals surface area contributed by atoms with Gasteiger partial charge in [0.2, 0.25) is 16.1 Å². The van der Waals surface area contributed by atoms with Crippen molar-refractivity contribution in [2.24, 2.45) is 4.99 Å². The molecule has 6 rings (SSSR count). The van der Waals surface area contributed by atoms with Crippen molar-refractivity contribution in [3.8, 4) is 0 Å². The zero-order valence-electron chi connectivity index (χ0n) is 20.4. The van der Waals surface area contributed by atoms with Gasteiger partial charge in [0.15, 0.2) is 0 Å². The second kappa shape index (κ2) is 8.38. The van der Waals surface area contributed by atoms with Gasteiger partial charge in [0.1, 0.15) is 0 Å². The molecule has 11 heteroatoms. The van der Waals surface area contributed by atoms with E-state index in [-0.39, 0.29) is 17.3 Å². The minimum atomic E-state index is -1.25. The van der Waals surface area contributed by atoms with E-state index in [1.807, 2.05) is 60.7 Å². The summed E-state index contributed by atoms with van der Waals surface area (Å²) in [5, 5.41) is 11.0. The van der Waals surface area contributed by atoms with Crippen LogP contribution >= 0.6 is 11.3 Å². The highest BCUT2D eigenvalue weighted by Gasteiger charge is 2.69. The van der Waals surface area contributed by atoms with Crippen LogP contribution in [-0.4, -0.2) is 39.5 Å². The molecule has 3 heterocycles. The molecule has 38 heavy (non-hydrogen) atoms. The van der Waals surface area contributed by atoms with E-state index in [1.54, 1.807) is 42.1 Å². The first-order chi connectivity index (χ1) is 18.3. The molecule has 2 aliphatic heterocycles. The Hall–Kier alpha value is -4.77. The van der Waals surface area contributed by atoms with Crippen molar-refractivity contribution in [2.45, 2.75) is 11.3 Å². The predicted octanol–water partition coefficient (Wildman–Crippen LogP) is 2.53. The minimum Gasteiger partial charge on any atom is -0.295 e. The lowest BCUT2D eigenvalue weighted by molar-refractivity contribution is -0.384. The molecule has 0 bridgehead atoms. The number of rotatable bonds is 4. The number of nitrogens with zero attached hydrogens (tertiary/aromatic N) is 5. The largest absolute Gasteiger partial charge is 0.324 e. The Balaban J connectivity index is 1.65. The highest BCUT2D eigenvalue weighted by molar-refractivity contribution is 7.07. The summed E-state index contributed by atoms with van der Waals surface area (Å²) in [4.78, 5) is 46.6. The molecule has 2 amide bonds. The lowest BCUT2D eigenvalue weighted by Gasteiger charge is -2.49. The molecular weight excluding hydrogens is 504 g/mol. The first kappa shape index (κ1) is 23.6. The summed E-state index contributed by atoms with van der Waals surface area (Å²) in [7, 11) is 3.42. The number of thiazole rings is 1. The molecule has 10 nitrogen and oxygen atoms in total. The Labute approximate surface area is 220 Å². The number of hydrogen-bond acceptors (Lipinski definition) is 7. The van der Waals surface area contributed by atoms with E-state index >= 15 is 0 Å². The van der Waals surface area contributed by atoms with Gasteiger partial charge in [-0.1, -0.05) is 72.0 Å². The third kappa shape index (κ3) is 3.08. The van der Waals surface area contributed by atoms with Gasteiger partial charge in [0, 0.05) is 37.4 Å². The number of non-ortho nitro benzene ring substituents is 1. The second-order valence-electron chi connectivity index (χ2n) is 9.12. The highest BCUT2D eigenvalue weighted by atomic mass is 32.1. The number of fused-ring (bicyclic) bond motifs is 2. The number of urea groups is 1. The van der Waals surface area contributed by atoms with Gasteiger partial charge in [0.25, 0.3) is 11.2 Å². The Bertz CT molecular complexity index is 1750. The number of nitro groups is 1. The molecule has 1 aromatic heterocycles.